The zero-order chi connectivity index (χ0) is 27.2. The Morgan fingerprint density at radius 1 is 1.21 bits per heavy atom. The van der Waals surface area contributed by atoms with Gasteiger partial charge in [-0.2, -0.15) is 15.6 Å². The highest BCUT2D eigenvalue weighted by Crippen LogP contribution is 2.35. The molecule has 38 heavy (non-hydrogen) atoms. The second-order valence-corrected chi connectivity index (χ2v) is 10.2. The van der Waals surface area contributed by atoms with Crippen molar-refractivity contribution in [1.82, 2.24) is 19.7 Å². The molecule has 2 aliphatic heterocycles. The first-order valence-electron chi connectivity index (χ1n) is 12.1. The van der Waals surface area contributed by atoms with Crippen molar-refractivity contribution in [3.63, 3.8) is 0 Å². The van der Waals surface area contributed by atoms with Crippen molar-refractivity contribution in [3.8, 4) is 29.1 Å². The number of hydrogen-bond donors (Lipinski definition) is 0. The molecule has 3 aromatic rings. The summed E-state index contributed by atoms with van der Waals surface area (Å²) >= 11 is 0. The van der Waals surface area contributed by atoms with E-state index in [4.69, 9.17) is 4.74 Å². The van der Waals surface area contributed by atoms with Crippen LogP contribution in [0, 0.1) is 34.4 Å². The lowest BCUT2D eigenvalue weighted by molar-refractivity contribution is 0.0247. The number of carbonyl (C=O) groups excluding carboxylic acids is 2. The van der Waals surface area contributed by atoms with Gasteiger partial charge < -0.3 is 9.64 Å². The molecule has 192 valence electrons. The summed E-state index contributed by atoms with van der Waals surface area (Å²) in [5.41, 5.74) is 0.0498. The van der Waals surface area contributed by atoms with Crippen LogP contribution < -0.4 is 4.90 Å². The molecule has 2 amide bonds. The summed E-state index contributed by atoms with van der Waals surface area (Å²) in [6.07, 6.45) is 1.56. The summed E-state index contributed by atoms with van der Waals surface area (Å²) in [5, 5.41) is 23.5. The van der Waals surface area contributed by atoms with Crippen molar-refractivity contribution < 1.29 is 18.7 Å². The number of rotatable bonds is 3. The minimum absolute atomic E-state index is 0.00833. The number of nitrogens with zero attached hydrogens (tertiary/aromatic N) is 7. The fourth-order valence-corrected chi connectivity index (χ4v) is 4.63. The van der Waals surface area contributed by atoms with Crippen molar-refractivity contribution in [1.29, 1.82) is 10.5 Å². The number of halogens is 1. The van der Waals surface area contributed by atoms with Gasteiger partial charge in [0.05, 0.1) is 58.4 Å². The number of hydrogen-bond acceptors (Lipinski definition) is 8. The Morgan fingerprint density at radius 2 is 2.00 bits per heavy atom. The zero-order valence-electron chi connectivity index (χ0n) is 21.1. The van der Waals surface area contributed by atoms with Gasteiger partial charge in [-0.1, -0.05) is 6.07 Å². The Hall–Kier alpha value is -4.77. The van der Waals surface area contributed by atoms with Crippen LogP contribution in [0.2, 0.25) is 0 Å². The number of fused-ring (bicyclic) bond motifs is 1. The van der Waals surface area contributed by atoms with Gasteiger partial charge in [0.1, 0.15) is 11.4 Å². The topological polar surface area (TPSA) is 128 Å². The number of aromatic nitrogens is 3. The third-order valence-electron chi connectivity index (χ3n) is 6.36. The van der Waals surface area contributed by atoms with Gasteiger partial charge in [0.25, 0.3) is 5.91 Å². The van der Waals surface area contributed by atoms with Gasteiger partial charge in [-0.3, -0.25) is 4.79 Å². The van der Waals surface area contributed by atoms with E-state index in [1.54, 1.807) is 33.0 Å². The molecular formula is C27H24FN7O3. The van der Waals surface area contributed by atoms with Gasteiger partial charge in [-0.25, -0.2) is 23.8 Å². The summed E-state index contributed by atoms with van der Waals surface area (Å²) in [5.74, 6) is -0.726. The van der Waals surface area contributed by atoms with Crippen LogP contribution in [0.15, 0.2) is 36.5 Å². The lowest BCUT2D eigenvalue weighted by atomic mass is 10.0. The van der Waals surface area contributed by atoms with Gasteiger partial charge in [0, 0.05) is 25.4 Å². The molecule has 0 spiro atoms. The summed E-state index contributed by atoms with van der Waals surface area (Å²) in [4.78, 5) is 33.7. The third kappa shape index (κ3) is 4.43. The second kappa shape index (κ2) is 9.27. The second-order valence-electron chi connectivity index (χ2n) is 10.2. The van der Waals surface area contributed by atoms with Crippen LogP contribution >= 0.6 is 0 Å². The predicted molar refractivity (Wildman–Crippen MR) is 134 cm³/mol. The Labute approximate surface area is 218 Å². The molecule has 0 bridgehead atoms. The molecule has 1 fully saturated rings. The van der Waals surface area contributed by atoms with Crippen LogP contribution in [0.5, 0.6) is 0 Å². The van der Waals surface area contributed by atoms with E-state index in [0.717, 1.165) is 11.3 Å². The molecule has 2 aromatic heterocycles. The van der Waals surface area contributed by atoms with Crippen molar-refractivity contribution in [2.24, 2.45) is 5.92 Å². The van der Waals surface area contributed by atoms with Crippen molar-refractivity contribution >= 4 is 17.8 Å². The molecule has 4 heterocycles. The van der Waals surface area contributed by atoms with Gasteiger partial charge in [-0.15, -0.1) is 0 Å². The van der Waals surface area contributed by atoms with Gasteiger partial charge >= 0.3 is 6.09 Å². The number of nitriles is 2. The molecule has 1 atom stereocenters. The largest absolute Gasteiger partial charge is 0.443 e. The fourth-order valence-electron chi connectivity index (χ4n) is 4.63. The van der Waals surface area contributed by atoms with E-state index in [1.165, 1.54) is 28.9 Å². The number of benzene rings is 1. The Morgan fingerprint density at radius 3 is 2.68 bits per heavy atom. The van der Waals surface area contributed by atoms with Crippen molar-refractivity contribution in [2.45, 2.75) is 39.3 Å². The van der Waals surface area contributed by atoms with E-state index < -0.39 is 23.4 Å². The highest BCUT2D eigenvalue weighted by Gasteiger charge is 2.39. The average Bonchev–Trinajstić information content (AvgIpc) is 3.61. The van der Waals surface area contributed by atoms with Gasteiger partial charge in [-0.05, 0) is 45.4 Å². The Balaban J connectivity index is 1.63. The maximum atomic E-state index is 15.0. The molecule has 5 rings (SSSR count). The summed E-state index contributed by atoms with van der Waals surface area (Å²) in [6, 6.07) is 11.7. The first-order valence-corrected chi connectivity index (χ1v) is 12.1. The Kier molecular flexibility index (Phi) is 6.08. The molecule has 1 unspecified atom stereocenters. The lowest BCUT2D eigenvalue weighted by Gasteiger charge is -2.23. The number of carbonyl (C=O) groups is 2. The SMILES string of the molecule is CC(C)(C)OC(=O)N1Cc2nc(-c3c(F)cccc3C#N)cc(-n3ccc(N4CCC(C#N)C4)n3)c2C1=O. The maximum Gasteiger partial charge on any atom is 0.417 e. The number of amides is 2. The molecule has 2 aliphatic rings. The lowest BCUT2D eigenvalue weighted by Crippen LogP contribution is -2.37. The van der Waals surface area contributed by atoms with Crippen molar-refractivity contribution in [2.75, 3.05) is 18.0 Å². The average molecular weight is 514 g/mol. The standard InChI is InChI=1S/C27H24FN7O3/c1-27(2,3)38-26(37)34-15-20-24(25(34)36)21(11-19(31-20)23-17(13-30)5-4-6-18(23)28)35-10-8-22(32-35)33-9-7-16(12-29)14-33/h4-6,8,10-11,16H,7,9,14-15H2,1-3H3. The minimum atomic E-state index is -0.823. The highest BCUT2D eigenvalue weighted by atomic mass is 19.1. The summed E-state index contributed by atoms with van der Waals surface area (Å²) in [6.45, 7) is 6.12. The van der Waals surface area contributed by atoms with E-state index in [2.05, 4.69) is 16.2 Å². The van der Waals surface area contributed by atoms with Crippen LogP contribution in [0.1, 0.15) is 48.8 Å². The summed E-state index contributed by atoms with van der Waals surface area (Å²) in [7, 11) is 0. The molecule has 0 radical (unpaired) electrons. The van der Waals surface area contributed by atoms with E-state index in [-0.39, 0.29) is 46.2 Å². The molecule has 1 saturated heterocycles. The first kappa shape index (κ1) is 24.9. The van der Waals surface area contributed by atoms with Gasteiger partial charge in [0.15, 0.2) is 5.82 Å². The normalized spacial score (nSPS) is 16.8. The van der Waals surface area contributed by atoms with Crippen LogP contribution in [-0.4, -0.2) is 50.4 Å². The Bertz CT molecular complexity index is 1540. The molecule has 0 aliphatic carbocycles. The maximum absolute atomic E-state index is 15.0. The van der Waals surface area contributed by atoms with E-state index in [0.29, 0.717) is 18.9 Å². The third-order valence-corrected chi connectivity index (χ3v) is 6.36. The molecule has 0 N–H and O–H groups in total. The zero-order valence-corrected chi connectivity index (χ0v) is 21.1. The first-order chi connectivity index (χ1) is 18.1. The molecule has 1 aromatic carbocycles. The van der Waals surface area contributed by atoms with Crippen LogP contribution in [0.3, 0.4) is 0 Å². The monoisotopic (exact) mass is 513 g/mol. The number of pyridine rings is 1. The number of ether oxygens (including phenoxy) is 1. The number of imide groups is 1. The quantitative estimate of drug-likeness (QED) is 0.510. The van der Waals surface area contributed by atoms with Gasteiger partial charge in [0.2, 0.25) is 0 Å². The fraction of sp³-hybridized carbons (Fsp3) is 0.333. The van der Waals surface area contributed by atoms with Crippen LogP contribution in [0.4, 0.5) is 15.0 Å². The minimum Gasteiger partial charge on any atom is -0.443 e. The number of anilines is 1. The highest BCUT2D eigenvalue weighted by molar-refractivity contribution is 6.08. The molecular weight excluding hydrogens is 489 g/mol. The predicted octanol–water partition coefficient (Wildman–Crippen LogP) is 4.19. The molecule has 10 nitrogen and oxygen atoms in total. The molecule has 11 heteroatoms. The van der Waals surface area contributed by atoms with E-state index >= 15 is 0 Å². The van der Waals surface area contributed by atoms with E-state index in [9.17, 15) is 24.5 Å². The van der Waals surface area contributed by atoms with Crippen LogP contribution in [-0.2, 0) is 11.3 Å². The van der Waals surface area contributed by atoms with Crippen molar-refractivity contribution in [3.05, 3.63) is 59.2 Å². The molecule has 0 saturated carbocycles. The smallest absolute Gasteiger partial charge is 0.417 e. The van der Waals surface area contributed by atoms with Crippen LogP contribution in [0.25, 0.3) is 16.9 Å². The van der Waals surface area contributed by atoms with E-state index in [1.807, 2.05) is 11.0 Å². The summed E-state index contributed by atoms with van der Waals surface area (Å²) < 4.78 is 21.8.